The van der Waals surface area contributed by atoms with Gasteiger partial charge < -0.3 is 15.4 Å². The molecule has 1 aliphatic rings. The van der Waals surface area contributed by atoms with E-state index >= 15 is 0 Å². The van der Waals surface area contributed by atoms with Crippen LogP contribution < -0.4 is 10.6 Å². The number of hydrogen-bond acceptors (Lipinski definition) is 4. The monoisotopic (exact) mass is 228 g/mol. The van der Waals surface area contributed by atoms with E-state index in [9.17, 15) is 9.59 Å². The van der Waals surface area contributed by atoms with Crippen molar-refractivity contribution in [3.05, 3.63) is 0 Å². The zero-order valence-corrected chi connectivity index (χ0v) is 9.97. The number of carbonyl (C=O) groups is 2. The van der Waals surface area contributed by atoms with Gasteiger partial charge in [0.2, 0.25) is 5.91 Å². The summed E-state index contributed by atoms with van der Waals surface area (Å²) in [4.78, 5) is 22.9. The van der Waals surface area contributed by atoms with Crippen molar-refractivity contribution in [2.24, 2.45) is 0 Å². The Balaban J connectivity index is 2.51. The molecule has 0 radical (unpaired) electrons. The Hall–Kier alpha value is -1.10. The predicted octanol–water partition coefficient (Wildman–Crippen LogP) is 0.198. The Morgan fingerprint density at radius 3 is 2.75 bits per heavy atom. The van der Waals surface area contributed by atoms with E-state index in [4.69, 9.17) is 0 Å². The molecule has 0 spiro atoms. The third-order valence-electron chi connectivity index (χ3n) is 2.98. The summed E-state index contributed by atoms with van der Waals surface area (Å²) in [5.41, 5.74) is -0.469. The highest BCUT2D eigenvalue weighted by atomic mass is 16.5. The molecule has 1 amide bonds. The number of esters is 1. The maximum atomic E-state index is 12.0. The first kappa shape index (κ1) is 13.0. The Morgan fingerprint density at radius 2 is 2.25 bits per heavy atom. The second kappa shape index (κ2) is 5.84. The van der Waals surface area contributed by atoms with Gasteiger partial charge in [0.05, 0.1) is 12.6 Å². The zero-order valence-electron chi connectivity index (χ0n) is 9.97. The molecule has 1 unspecified atom stereocenters. The fourth-order valence-corrected chi connectivity index (χ4v) is 2.15. The lowest BCUT2D eigenvalue weighted by Crippen LogP contribution is -2.54. The largest absolute Gasteiger partial charge is 0.468 e. The molecule has 1 aliphatic heterocycles. The van der Waals surface area contributed by atoms with Crippen molar-refractivity contribution in [1.82, 2.24) is 10.6 Å². The molecule has 5 heteroatoms. The SMILES string of the molecule is CCCC1(C(=O)NCC(=O)OC)CCCN1. The summed E-state index contributed by atoms with van der Waals surface area (Å²) in [6.07, 6.45) is 3.60. The maximum absolute atomic E-state index is 12.0. The Morgan fingerprint density at radius 1 is 1.50 bits per heavy atom. The first-order chi connectivity index (χ1) is 7.64. The van der Waals surface area contributed by atoms with Crippen LogP contribution >= 0.6 is 0 Å². The molecular weight excluding hydrogens is 208 g/mol. The Labute approximate surface area is 95.9 Å². The quantitative estimate of drug-likeness (QED) is 0.660. The summed E-state index contributed by atoms with van der Waals surface area (Å²) in [5.74, 6) is -0.504. The third-order valence-corrected chi connectivity index (χ3v) is 2.98. The van der Waals surface area contributed by atoms with Crippen LogP contribution in [0.25, 0.3) is 0 Å². The first-order valence-corrected chi connectivity index (χ1v) is 5.75. The summed E-state index contributed by atoms with van der Waals surface area (Å²) in [7, 11) is 1.31. The van der Waals surface area contributed by atoms with Gasteiger partial charge in [-0.15, -0.1) is 0 Å². The van der Waals surface area contributed by atoms with Crippen LogP contribution in [0.2, 0.25) is 0 Å². The second-order valence-corrected chi connectivity index (χ2v) is 4.12. The highest BCUT2D eigenvalue weighted by Gasteiger charge is 2.39. The number of ether oxygens (including phenoxy) is 1. The van der Waals surface area contributed by atoms with Gasteiger partial charge in [0.15, 0.2) is 0 Å². The van der Waals surface area contributed by atoms with Crippen molar-refractivity contribution in [1.29, 1.82) is 0 Å². The standard InChI is InChI=1S/C11H20N2O3/c1-3-5-11(6-4-7-13-11)10(15)12-8-9(14)16-2/h13H,3-8H2,1-2H3,(H,12,15). The van der Waals surface area contributed by atoms with Crippen LogP contribution in [0.5, 0.6) is 0 Å². The van der Waals surface area contributed by atoms with E-state index in [-0.39, 0.29) is 12.5 Å². The van der Waals surface area contributed by atoms with Crippen molar-refractivity contribution in [2.45, 2.75) is 38.1 Å². The second-order valence-electron chi connectivity index (χ2n) is 4.12. The molecule has 1 atom stereocenters. The van der Waals surface area contributed by atoms with Crippen LogP contribution in [0.1, 0.15) is 32.6 Å². The number of carbonyl (C=O) groups excluding carboxylic acids is 2. The molecule has 0 aromatic heterocycles. The van der Waals surface area contributed by atoms with Crippen LogP contribution in [0, 0.1) is 0 Å². The van der Waals surface area contributed by atoms with E-state index in [0.717, 1.165) is 32.2 Å². The fourth-order valence-electron chi connectivity index (χ4n) is 2.15. The van der Waals surface area contributed by atoms with Crippen molar-refractivity contribution in [3.63, 3.8) is 0 Å². The summed E-state index contributed by atoms with van der Waals surface area (Å²) in [6, 6.07) is 0. The van der Waals surface area contributed by atoms with Crippen LogP contribution in [0.4, 0.5) is 0 Å². The van der Waals surface area contributed by atoms with Crippen molar-refractivity contribution in [2.75, 3.05) is 20.2 Å². The highest BCUT2D eigenvalue weighted by molar-refractivity contribution is 5.89. The van der Waals surface area contributed by atoms with Gasteiger partial charge in [0.25, 0.3) is 0 Å². The third kappa shape index (κ3) is 2.95. The number of nitrogens with one attached hydrogen (secondary N) is 2. The zero-order chi connectivity index (χ0) is 12.0. The van der Waals surface area contributed by atoms with E-state index in [1.165, 1.54) is 7.11 Å². The van der Waals surface area contributed by atoms with Crippen LogP contribution in [-0.2, 0) is 14.3 Å². The van der Waals surface area contributed by atoms with Gasteiger partial charge in [0, 0.05) is 0 Å². The highest BCUT2D eigenvalue weighted by Crippen LogP contribution is 2.24. The van der Waals surface area contributed by atoms with Gasteiger partial charge in [-0.1, -0.05) is 13.3 Å². The van der Waals surface area contributed by atoms with Gasteiger partial charge >= 0.3 is 5.97 Å². The van der Waals surface area contributed by atoms with Crippen molar-refractivity contribution >= 4 is 11.9 Å². The topological polar surface area (TPSA) is 67.4 Å². The van der Waals surface area contributed by atoms with Crippen molar-refractivity contribution < 1.29 is 14.3 Å². The molecule has 0 aliphatic carbocycles. The average molecular weight is 228 g/mol. The van der Waals surface area contributed by atoms with Gasteiger partial charge in [-0.05, 0) is 25.8 Å². The molecule has 16 heavy (non-hydrogen) atoms. The minimum atomic E-state index is -0.469. The Bertz CT molecular complexity index is 260. The average Bonchev–Trinajstić information content (AvgIpc) is 2.75. The molecule has 1 fully saturated rings. The summed E-state index contributed by atoms with van der Waals surface area (Å²) < 4.78 is 4.48. The first-order valence-electron chi connectivity index (χ1n) is 5.75. The van der Waals surface area contributed by atoms with E-state index in [1.807, 2.05) is 0 Å². The molecule has 92 valence electrons. The van der Waals surface area contributed by atoms with E-state index in [0.29, 0.717) is 0 Å². The van der Waals surface area contributed by atoms with Crippen LogP contribution in [-0.4, -0.2) is 37.6 Å². The van der Waals surface area contributed by atoms with E-state index < -0.39 is 11.5 Å². The number of hydrogen-bond donors (Lipinski definition) is 2. The minimum absolute atomic E-state index is 0.0531. The number of amides is 1. The van der Waals surface area contributed by atoms with Gasteiger partial charge in [-0.3, -0.25) is 9.59 Å². The summed E-state index contributed by atoms with van der Waals surface area (Å²) >= 11 is 0. The maximum Gasteiger partial charge on any atom is 0.325 e. The Kier molecular flexibility index (Phi) is 4.73. The number of rotatable bonds is 5. The molecule has 5 nitrogen and oxygen atoms in total. The minimum Gasteiger partial charge on any atom is -0.468 e. The summed E-state index contributed by atoms with van der Waals surface area (Å²) in [6.45, 7) is 2.86. The molecule has 2 N–H and O–H groups in total. The lowest BCUT2D eigenvalue weighted by molar-refractivity contribution is -0.142. The van der Waals surface area contributed by atoms with Crippen LogP contribution in [0.15, 0.2) is 0 Å². The van der Waals surface area contributed by atoms with Gasteiger partial charge in [-0.2, -0.15) is 0 Å². The van der Waals surface area contributed by atoms with Crippen molar-refractivity contribution in [3.8, 4) is 0 Å². The smallest absolute Gasteiger partial charge is 0.325 e. The van der Waals surface area contributed by atoms with E-state index in [1.54, 1.807) is 0 Å². The van der Waals surface area contributed by atoms with Crippen LogP contribution in [0.3, 0.4) is 0 Å². The molecular formula is C11H20N2O3. The molecule has 0 bridgehead atoms. The number of methoxy groups -OCH3 is 1. The molecule has 0 aromatic rings. The molecule has 1 heterocycles. The lowest BCUT2D eigenvalue weighted by Gasteiger charge is -2.27. The lowest BCUT2D eigenvalue weighted by atomic mass is 9.91. The van der Waals surface area contributed by atoms with Gasteiger partial charge in [-0.25, -0.2) is 0 Å². The normalized spacial score (nSPS) is 24.1. The fraction of sp³-hybridized carbons (Fsp3) is 0.818. The molecule has 0 saturated carbocycles. The predicted molar refractivity (Wildman–Crippen MR) is 59.9 cm³/mol. The molecule has 1 saturated heterocycles. The summed E-state index contributed by atoms with van der Waals surface area (Å²) in [5, 5.41) is 5.87. The molecule has 0 aromatic carbocycles. The molecule has 1 rings (SSSR count). The van der Waals surface area contributed by atoms with E-state index in [2.05, 4.69) is 22.3 Å². The van der Waals surface area contributed by atoms with Gasteiger partial charge in [0.1, 0.15) is 6.54 Å².